The smallest absolute Gasteiger partial charge is 0.273 e. The highest BCUT2D eigenvalue weighted by atomic mass is 35.5. The van der Waals surface area contributed by atoms with Crippen LogP contribution in [-0.2, 0) is 0 Å². The Morgan fingerprint density at radius 2 is 1.96 bits per heavy atom. The second-order valence-electron chi connectivity index (χ2n) is 5.46. The molecule has 3 N–H and O–H groups in total. The molecule has 2 rings (SSSR count). The van der Waals surface area contributed by atoms with E-state index in [1.165, 1.54) is 12.3 Å². The number of nitro groups is 1. The van der Waals surface area contributed by atoms with Crippen LogP contribution in [0.5, 0.6) is 0 Å². The van der Waals surface area contributed by atoms with Gasteiger partial charge in [0.15, 0.2) is 9.37 Å². The van der Waals surface area contributed by atoms with E-state index in [2.05, 4.69) is 26.0 Å². The number of hydrazone groups is 1. The van der Waals surface area contributed by atoms with Crippen LogP contribution in [0.25, 0.3) is 0 Å². The van der Waals surface area contributed by atoms with Crippen molar-refractivity contribution in [2.45, 2.75) is 4.33 Å². The summed E-state index contributed by atoms with van der Waals surface area (Å²) in [6.07, 6.45) is 3.01. The van der Waals surface area contributed by atoms with Gasteiger partial charge in [0.2, 0.25) is 0 Å². The fourth-order valence-corrected chi connectivity index (χ4v) is 2.43. The molecule has 0 saturated heterocycles. The Morgan fingerprint density at radius 1 is 1.21 bits per heavy atom. The van der Waals surface area contributed by atoms with Crippen LogP contribution in [0.4, 0.5) is 5.69 Å². The van der Waals surface area contributed by atoms with E-state index in [4.69, 9.17) is 34.8 Å². The molecular formula is C16H15Cl3N6O3. The second kappa shape index (κ2) is 10.1. The van der Waals surface area contributed by atoms with E-state index in [1.54, 1.807) is 36.5 Å². The molecular weight excluding hydrogens is 431 g/mol. The van der Waals surface area contributed by atoms with Crippen molar-refractivity contribution in [2.24, 2.45) is 5.10 Å². The Bertz CT molecular complexity index is 864. The molecule has 9 nitrogen and oxygen atoms in total. The predicted molar refractivity (Wildman–Crippen MR) is 109 cm³/mol. The molecule has 1 aromatic heterocycles. The molecule has 1 heterocycles. The first-order chi connectivity index (χ1) is 13.2. The van der Waals surface area contributed by atoms with Gasteiger partial charge in [-0.25, -0.2) is 10.1 Å². The maximum absolute atomic E-state index is 12.1. The molecule has 12 heteroatoms. The highest BCUT2D eigenvalue weighted by Gasteiger charge is 2.26. The number of halogens is 3. The number of anilines is 1. The van der Waals surface area contributed by atoms with Crippen molar-refractivity contribution in [3.63, 3.8) is 0 Å². The van der Waals surface area contributed by atoms with Crippen LogP contribution in [0.2, 0.25) is 5.02 Å². The van der Waals surface area contributed by atoms with Crippen molar-refractivity contribution < 1.29 is 9.83 Å². The van der Waals surface area contributed by atoms with Gasteiger partial charge in [0.1, 0.15) is 5.10 Å². The first kappa shape index (κ1) is 21.7. The number of nitrogens with one attached hydrogen (secondary N) is 3. The van der Waals surface area contributed by atoms with Crippen molar-refractivity contribution in [1.29, 1.82) is 0 Å². The number of carbonyl (C=O) groups excluding carboxylic acids is 1. The van der Waals surface area contributed by atoms with Gasteiger partial charge in [-0.3, -0.25) is 9.78 Å². The summed E-state index contributed by atoms with van der Waals surface area (Å²) in [6, 6.07) is 9.65. The monoisotopic (exact) mass is 444 g/mol. The molecule has 0 aliphatic carbocycles. The molecule has 28 heavy (non-hydrogen) atoms. The average Bonchev–Trinajstić information content (AvgIpc) is 2.65. The second-order valence-corrected chi connectivity index (χ2v) is 7.53. The number of hydrogen-bond donors (Lipinski definition) is 3. The molecule has 1 aromatic carbocycles. The summed E-state index contributed by atoms with van der Waals surface area (Å²) in [5.41, 5.74) is 0.818. The third kappa shape index (κ3) is 7.55. The average molecular weight is 446 g/mol. The lowest BCUT2D eigenvalue weighted by atomic mass is 10.2. The van der Waals surface area contributed by atoms with E-state index in [0.717, 1.165) is 0 Å². The summed E-state index contributed by atoms with van der Waals surface area (Å²) >= 11 is 18.2. The number of alkyl halides is 2. The number of aromatic nitrogens is 1. The van der Waals surface area contributed by atoms with E-state index in [0.29, 0.717) is 16.3 Å². The van der Waals surface area contributed by atoms with Gasteiger partial charge in [-0.05, 0) is 30.3 Å². The van der Waals surface area contributed by atoms with Crippen LogP contribution in [0.3, 0.4) is 0 Å². The first-order valence-corrected chi connectivity index (χ1v) is 8.94. The fourth-order valence-electron chi connectivity index (χ4n) is 1.98. The van der Waals surface area contributed by atoms with Crippen LogP contribution in [0, 0.1) is 10.1 Å². The minimum Gasteiger partial charge on any atom is -0.349 e. The summed E-state index contributed by atoms with van der Waals surface area (Å²) in [5.74, 6) is -0.606. The molecule has 0 radical (unpaired) electrons. The number of carbonyl (C=O) groups is 1. The lowest BCUT2D eigenvalue weighted by molar-refractivity contribution is -0.485. The zero-order valence-corrected chi connectivity index (χ0v) is 16.5. The van der Waals surface area contributed by atoms with Gasteiger partial charge >= 0.3 is 0 Å². The molecule has 0 atom stereocenters. The number of nitrogens with zero attached hydrogens (tertiary/aromatic N) is 3. The largest absolute Gasteiger partial charge is 0.349 e. The van der Waals surface area contributed by atoms with E-state index >= 15 is 0 Å². The SMILES string of the molecule is O=C(NCC(Cl)(Cl)CNC(=N[N+](=O)[O-])Nc1cccnc1)c1cccc(Cl)c1. The van der Waals surface area contributed by atoms with Gasteiger partial charge in [-0.2, -0.15) is 0 Å². The maximum Gasteiger partial charge on any atom is 0.273 e. The first-order valence-electron chi connectivity index (χ1n) is 7.81. The molecule has 0 bridgehead atoms. The highest BCUT2D eigenvalue weighted by Crippen LogP contribution is 2.19. The van der Waals surface area contributed by atoms with Crippen LogP contribution in [0.1, 0.15) is 10.4 Å². The van der Waals surface area contributed by atoms with Crippen LogP contribution >= 0.6 is 34.8 Å². The van der Waals surface area contributed by atoms with Crippen molar-refractivity contribution in [3.05, 3.63) is 69.5 Å². The Balaban J connectivity index is 1.93. The van der Waals surface area contributed by atoms with Gasteiger partial charge in [0.25, 0.3) is 11.9 Å². The number of pyridine rings is 1. The molecule has 0 unspecified atom stereocenters. The molecule has 0 aliphatic rings. The molecule has 2 aromatic rings. The molecule has 0 saturated carbocycles. The van der Waals surface area contributed by atoms with E-state index in [9.17, 15) is 14.9 Å². The minimum atomic E-state index is -1.47. The normalized spacial score (nSPS) is 11.6. The number of hydrogen-bond acceptors (Lipinski definition) is 4. The van der Waals surface area contributed by atoms with E-state index < -0.39 is 15.3 Å². The van der Waals surface area contributed by atoms with Gasteiger partial charge in [-0.1, -0.05) is 40.9 Å². The molecule has 148 valence electrons. The summed E-state index contributed by atoms with van der Waals surface area (Å²) < 4.78 is -1.47. The van der Waals surface area contributed by atoms with Gasteiger partial charge < -0.3 is 16.0 Å². The Kier molecular flexibility index (Phi) is 7.80. The topological polar surface area (TPSA) is 122 Å². The molecule has 1 amide bonds. The zero-order valence-electron chi connectivity index (χ0n) is 14.2. The lowest BCUT2D eigenvalue weighted by Gasteiger charge is -2.21. The van der Waals surface area contributed by atoms with Gasteiger partial charge in [0.05, 0.1) is 25.0 Å². The van der Waals surface area contributed by atoms with Gasteiger partial charge in [0, 0.05) is 16.8 Å². The van der Waals surface area contributed by atoms with Crippen LogP contribution in [0.15, 0.2) is 53.9 Å². The predicted octanol–water partition coefficient (Wildman–Crippen LogP) is 2.89. The van der Waals surface area contributed by atoms with Crippen LogP contribution in [-0.4, -0.2) is 39.3 Å². The maximum atomic E-state index is 12.1. The molecule has 0 aliphatic heterocycles. The van der Waals surface area contributed by atoms with Gasteiger partial charge in [-0.15, -0.1) is 0 Å². The summed E-state index contributed by atoms with van der Waals surface area (Å²) in [6.45, 7) is -0.279. The number of benzene rings is 1. The summed E-state index contributed by atoms with van der Waals surface area (Å²) in [7, 11) is 0. The molecule has 0 fully saturated rings. The van der Waals surface area contributed by atoms with E-state index in [1.807, 2.05) is 0 Å². The van der Waals surface area contributed by atoms with Crippen molar-refractivity contribution in [1.82, 2.24) is 15.6 Å². The lowest BCUT2D eigenvalue weighted by Crippen LogP contribution is -2.45. The zero-order chi connectivity index (χ0) is 20.6. The summed E-state index contributed by atoms with van der Waals surface area (Å²) in [4.78, 5) is 26.7. The molecule has 0 spiro atoms. The standard InChI is InChI=1S/C16H15Cl3N6O3/c17-12-4-1-3-11(7-12)14(26)21-9-16(18,19)10-22-15(24-25(27)28)23-13-5-2-6-20-8-13/h1-8H,9-10H2,(H,21,26)(H2,22,23,24). The quantitative estimate of drug-likeness (QED) is 0.198. The Morgan fingerprint density at radius 3 is 2.61 bits per heavy atom. The Labute approximate surface area is 175 Å². The number of guanidine groups is 1. The third-order valence-electron chi connectivity index (χ3n) is 3.21. The Hall–Kier alpha value is -2.62. The third-order valence-corrected chi connectivity index (χ3v) is 3.98. The summed E-state index contributed by atoms with van der Waals surface area (Å²) in [5, 5.41) is 21.4. The van der Waals surface area contributed by atoms with E-state index in [-0.39, 0.29) is 19.0 Å². The van der Waals surface area contributed by atoms with Crippen molar-refractivity contribution in [3.8, 4) is 0 Å². The minimum absolute atomic E-state index is 0.132. The van der Waals surface area contributed by atoms with Crippen molar-refractivity contribution in [2.75, 3.05) is 18.4 Å². The number of amides is 1. The van der Waals surface area contributed by atoms with Crippen LogP contribution < -0.4 is 16.0 Å². The fraction of sp³-hybridized carbons (Fsp3) is 0.188. The number of rotatable bonds is 7. The highest BCUT2D eigenvalue weighted by molar-refractivity contribution is 6.49. The van der Waals surface area contributed by atoms with Crippen molar-refractivity contribution >= 4 is 52.4 Å².